The number of hydrogen-bond donors (Lipinski definition) is 2. The maximum atomic E-state index is 11.9. The van der Waals surface area contributed by atoms with E-state index in [9.17, 15) is 4.79 Å². The zero-order chi connectivity index (χ0) is 16.2. The number of alkyl carbamates (subject to hydrolysis) is 1. The van der Waals surface area contributed by atoms with Gasteiger partial charge in [0.1, 0.15) is 5.60 Å². The molecule has 2 rings (SSSR count). The highest BCUT2D eigenvalue weighted by molar-refractivity contribution is 5.68. The maximum Gasteiger partial charge on any atom is 0.407 e. The molecule has 22 heavy (non-hydrogen) atoms. The van der Waals surface area contributed by atoms with Crippen LogP contribution in [0.1, 0.15) is 51.2 Å². The first-order chi connectivity index (χ1) is 10.3. The van der Waals surface area contributed by atoms with Gasteiger partial charge in [0.25, 0.3) is 0 Å². The number of carbonyl (C=O) groups is 1. The first kappa shape index (κ1) is 16.8. The van der Waals surface area contributed by atoms with Crippen LogP contribution >= 0.6 is 0 Å². The van der Waals surface area contributed by atoms with E-state index in [1.54, 1.807) is 0 Å². The number of nitrogens with one attached hydrogen (secondary N) is 2. The highest BCUT2D eigenvalue weighted by Gasteiger charge is 2.29. The molecule has 0 radical (unpaired) electrons. The van der Waals surface area contributed by atoms with Crippen molar-refractivity contribution >= 4 is 6.09 Å². The molecule has 4 heteroatoms. The summed E-state index contributed by atoms with van der Waals surface area (Å²) < 4.78 is 5.35. The zero-order valence-corrected chi connectivity index (χ0v) is 14.1. The molecule has 1 aromatic carbocycles. The summed E-state index contributed by atoms with van der Waals surface area (Å²) in [6, 6.07) is 8.86. The van der Waals surface area contributed by atoms with E-state index in [2.05, 4.69) is 41.8 Å². The Kier molecular flexibility index (Phi) is 5.46. The van der Waals surface area contributed by atoms with Crippen LogP contribution in [0.4, 0.5) is 4.79 Å². The van der Waals surface area contributed by atoms with Crippen LogP contribution in [0.2, 0.25) is 0 Å². The lowest BCUT2D eigenvalue weighted by Gasteiger charge is -2.25. The van der Waals surface area contributed by atoms with Crippen LogP contribution in [0.5, 0.6) is 0 Å². The SMILES string of the molecule is Cc1ccccc1CNC1CCCC1NC(=O)OC(C)(C)C. The average molecular weight is 304 g/mol. The molecule has 0 saturated heterocycles. The predicted octanol–water partition coefficient (Wildman–Crippen LogP) is 3.53. The van der Waals surface area contributed by atoms with Gasteiger partial charge < -0.3 is 15.4 Å². The molecule has 1 aliphatic rings. The van der Waals surface area contributed by atoms with E-state index in [4.69, 9.17) is 4.74 Å². The Morgan fingerprint density at radius 1 is 1.23 bits per heavy atom. The first-order valence-corrected chi connectivity index (χ1v) is 8.12. The molecule has 2 atom stereocenters. The summed E-state index contributed by atoms with van der Waals surface area (Å²) in [7, 11) is 0. The van der Waals surface area contributed by atoms with Gasteiger partial charge >= 0.3 is 6.09 Å². The second-order valence-corrected chi connectivity index (χ2v) is 7.10. The third kappa shape index (κ3) is 5.02. The Hall–Kier alpha value is -1.55. The van der Waals surface area contributed by atoms with Gasteiger partial charge in [0.05, 0.1) is 0 Å². The van der Waals surface area contributed by atoms with Crippen LogP contribution in [-0.2, 0) is 11.3 Å². The number of aryl methyl sites for hydroxylation is 1. The van der Waals surface area contributed by atoms with Crippen LogP contribution in [-0.4, -0.2) is 23.8 Å². The largest absolute Gasteiger partial charge is 0.444 e. The molecule has 0 heterocycles. The van der Waals surface area contributed by atoms with Crippen LogP contribution < -0.4 is 10.6 Å². The summed E-state index contributed by atoms with van der Waals surface area (Å²) in [6.07, 6.45) is 2.91. The molecule has 1 fully saturated rings. The quantitative estimate of drug-likeness (QED) is 0.894. The minimum Gasteiger partial charge on any atom is -0.444 e. The van der Waals surface area contributed by atoms with Crippen LogP contribution in [0.3, 0.4) is 0 Å². The molecule has 1 aliphatic carbocycles. The lowest BCUT2D eigenvalue weighted by Crippen LogP contribution is -2.47. The van der Waals surface area contributed by atoms with Crippen molar-refractivity contribution < 1.29 is 9.53 Å². The molecular weight excluding hydrogens is 276 g/mol. The summed E-state index contributed by atoms with van der Waals surface area (Å²) in [5.41, 5.74) is 2.15. The second kappa shape index (κ2) is 7.14. The molecule has 0 aliphatic heterocycles. The number of benzene rings is 1. The van der Waals surface area contributed by atoms with Crippen LogP contribution in [0.25, 0.3) is 0 Å². The Morgan fingerprint density at radius 3 is 2.59 bits per heavy atom. The third-order valence-electron chi connectivity index (χ3n) is 4.03. The van der Waals surface area contributed by atoms with E-state index in [1.807, 2.05) is 20.8 Å². The minimum absolute atomic E-state index is 0.152. The molecular formula is C18H28N2O2. The fourth-order valence-electron chi connectivity index (χ4n) is 2.89. The van der Waals surface area contributed by atoms with Gasteiger partial charge in [-0.1, -0.05) is 24.3 Å². The summed E-state index contributed by atoms with van der Waals surface area (Å²) in [6.45, 7) is 8.62. The van der Waals surface area contributed by atoms with E-state index >= 15 is 0 Å². The summed E-state index contributed by atoms with van der Waals surface area (Å²) in [4.78, 5) is 11.9. The van der Waals surface area contributed by atoms with Crippen molar-refractivity contribution in [3.63, 3.8) is 0 Å². The number of carbonyl (C=O) groups excluding carboxylic acids is 1. The smallest absolute Gasteiger partial charge is 0.407 e. The molecule has 1 aromatic rings. The van der Waals surface area contributed by atoms with Crippen molar-refractivity contribution in [2.45, 2.75) is 71.2 Å². The van der Waals surface area contributed by atoms with Crippen molar-refractivity contribution in [2.24, 2.45) is 0 Å². The molecule has 1 saturated carbocycles. The van der Waals surface area contributed by atoms with Crippen molar-refractivity contribution in [1.82, 2.24) is 10.6 Å². The predicted molar refractivity (Wildman–Crippen MR) is 88.8 cm³/mol. The summed E-state index contributed by atoms with van der Waals surface area (Å²) in [5.74, 6) is 0. The van der Waals surface area contributed by atoms with Gasteiger partial charge in [-0.25, -0.2) is 4.79 Å². The summed E-state index contributed by atoms with van der Waals surface area (Å²) in [5, 5.41) is 6.60. The molecule has 0 spiro atoms. The molecule has 2 unspecified atom stereocenters. The fourth-order valence-corrected chi connectivity index (χ4v) is 2.89. The third-order valence-corrected chi connectivity index (χ3v) is 4.03. The van der Waals surface area contributed by atoms with Gasteiger partial charge in [0.2, 0.25) is 0 Å². The van der Waals surface area contributed by atoms with Gasteiger partial charge in [0, 0.05) is 18.6 Å². The van der Waals surface area contributed by atoms with Gasteiger partial charge in [-0.15, -0.1) is 0 Å². The number of ether oxygens (including phenoxy) is 1. The van der Waals surface area contributed by atoms with Gasteiger partial charge in [-0.2, -0.15) is 0 Å². The zero-order valence-electron chi connectivity index (χ0n) is 14.1. The number of rotatable bonds is 4. The normalized spacial score (nSPS) is 21.6. The van der Waals surface area contributed by atoms with Crippen molar-refractivity contribution in [1.29, 1.82) is 0 Å². The van der Waals surface area contributed by atoms with E-state index in [0.717, 1.165) is 25.8 Å². The highest BCUT2D eigenvalue weighted by atomic mass is 16.6. The van der Waals surface area contributed by atoms with E-state index in [-0.39, 0.29) is 12.1 Å². The number of amides is 1. The van der Waals surface area contributed by atoms with Gasteiger partial charge in [-0.3, -0.25) is 0 Å². The molecule has 1 amide bonds. The molecule has 4 nitrogen and oxygen atoms in total. The Bertz CT molecular complexity index is 508. The molecule has 2 N–H and O–H groups in total. The lowest BCUT2D eigenvalue weighted by atomic mass is 10.1. The molecule has 0 bridgehead atoms. The highest BCUT2D eigenvalue weighted by Crippen LogP contribution is 2.20. The van der Waals surface area contributed by atoms with E-state index in [1.165, 1.54) is 11.1 Å². The van der Waals surface area contributed by atoms with Crippen LogP contribution in [0.15, 0.2) is 24.3 Å². The monoisotopic (exact) mass is 304 g/mol. The van der Waals surface area contributed by atoms with Gasteiger partial charge in [-0.05, 0) is 58.1 Å². The molecule has 0 aromatic heterocycles. The maximum absolute atomic E-state index is 11.9. The van der Waals surface area contributed by atoms with Gasteiger partial charge in [0.15, 0.2) is 0 Å². The van der Waals surface area contributed by atoms with E-state index < -0.39 is 5.60 Å². The lowest BCUT2D eigenvalue weighted by molar-refractivity contribution is 0.0498. The van der Waals surface area contributed by atoms with Crippen LogP contribution in [0, 0.1) is 6.92 Å². The number of hydrogen-bond acceptors (Lipinski definition) is 3. The average Bonchev–Trinajstić information content (AvgIpc) is 2.83. The molecule has 122 valence electrons. The Labute approximate surface area is 133 Å². The van der Waals surface area contributed by atoms with E-state index in [0.29, 0.717) is 6.04 Å². The van der Waals surface area contributed by atoms with Crippen molar-refractivity contribution in [3.05, 3.63) is 35.4 Å². The van der Waals surface area contributed by atoms with Crippen molar-refractivity contribution in [2.75, 3.05) is 0 Å². The first-order valence-electron chi connectivity index (χ1n) is 8.12. The topological polar surface area (TPSA) is 50.4 Å². The second-order valence-electron chi connectivity index (χ2n) is 7.10. The van der Waals surface area contributed by atoms with Crippen molar-refractivity contribution in [3.8, 4) is 0 Å². The minimum atomic E-state index is -0.452. The Balaban J connectivity index is 1.86. The standard InChI is InChI=1S/C18H28N2O2/c1-13-8-5-6-9-14(13)12-19-15-10-7-11-16(15)20-17(21)22-18(2,3)4/h5-6,8-9,15-16,19H,7,10-12H2,1-4H3,(H,20,21). The fraction of sp³-hybridized carbons (Fsp3) is 0.611. The summed E-state index contributed by atoms with van der Waals surface area (Å²) >= 11 is 0. The Morgan fingerprint density at radius 2 is 1.91 bits per heavy atom.